The SMILES string of the molecule is CC(C)Oc1ccc(S(=O)(=O)N2CCCC2Cc2c[nH]c3ccccc23)cc1. The molecule has 1 aliphatic heterocycles. The molecule has 6 heteroatoms. The fourth-order valence-corrected chi connectivity index (χ4v) is 5.67. The van der Waals surface area contributed by atoms with E-state index in [9.17, 15) is 8.42 Å². The highest BCUT2D eigenvalue weighted by Gasteiger charge is 2.35. The van der Waals surface area contributed by atoms with E-state index in [-0.39, 0.29) is 12.1 Å². The lowest BCUT2D eigenvalue weighted by atomic mass is 10.0. The molecule has 28 heavy (non-hydrogen) atoms. The monoisotopic (exact) mass is 398 g/mol. The number of hydrogen-bond acceptors (Lipinski definition) is 3. The van der Waals surface area contributed by atoms with Gasteiger partial charge in [0.15, 0.2) is 0 Å². The van der Waals surface area contributed by atoms with E-state index >= 15 is 0 Å². The van der Waals surface area contributed by atoms with Gasteiger partial charge < -0.3 is 9.72 Å². The van der Waals surface area contributed by atoms with Crippen LogP contribution in [0, 0.1) is 0 Å². The van der Waals surface area contributed by atoms with Crippen molar-refractivity contribution in [3.8, 4) is 5.75 Å². The second-order valence-corrected chi connectivity index (χ2v) is 9.50. The van der Waals surface area contributed by atoms with Crippen LogP contribution >= 0.6 is 0 Å². The largest absolute Gasteiger partial charge is 0.491 e. The second kappa shape index (κ2) is 7.60. The Morgan fingerprint density at radius 3 is 2.64 bits per heavy atom. The summed E-state index contributed by atoms with van der Waals surface area (Å²) in [7, 11) is -3.52. The normalized spacial score (nSPS) is 18.2. The number of ether oxygens (including phenoxy) is 1. The van der Waals surface area contributed by atoms with Gasteiger partial charge in [-0.15, -0.1) is 0 Å². The van der Waals surface area contributed by atoms with Gasteiger partial charge in [0.05, 0.1) is 11.0 Å². The Morgan fingerprint density at radius 1 is 1.14 bits per heavy atom. The fourth-order valence-electron chi connectivity index (χ4n) is 3.98. The third-order valence-corrected chi connectivity index (χ3v) is 7.22. The quantitative estimate of drug-likeness (QED) is 0.671. The van der Waals surface area contributed by atoms with E-state index in [4.69, 9.17) is 4.74 Å². The average Bonchev–Trinajstić information content (AvgIpc) is 3.30. The van der Waals surface area contributed by atoms with E-state index in [1.165, 1.54) is 10.9 Å². The number of H-pyrrole nitrogens is 1. The van der Waals surface area contributed by atoms with E-state index < -0.39 is 10.0 Å². The lowest BCUT2D eigenvalue weighted by Crippen LogP contribution is -2.36. The molecule has 5 nitrogen and oxygen atoms in total. The van der Waals surface area contributed by atoms with Crippen molar-refractivity contribution in [1.29, 1.82) is 0 Å². The summed E-state index contributed by atoms with van der Waals surface area (Å²) in [5.41, 5.74) is 2.26. The first-order valence-corrected chi connectivity index (χ1v) is 11.2. The third kappa shape index (κ3) is 3.66. The molecule has 1 unspecified atom stereocenters. The molecule has 148 valence electrons. The molecule has 0 amide bonds. The van der Waals surface area contributed by atoms with E-state index in [0.717, 1.165) is 24.8 Å². The Bertz CT molecular complexity index is 1050. The van der Waals surface area contributed by atoms with Crippen LogP contribution in [0.1, 0.15) is 32.3 Å². The number of rotatable bonds is 6. The van der Waals surface area contributed by atoms with Crippen LogP contribution in [0.25, 0.3) is 10.9 Å². The summed E-state index contributed by atoms with van der Waals surface area (Å²) >= 11 is 0. The first-order chi connectivity index (χ1) is 13.4. The maximum Gasteiger partial charge on any atom is 0.243 e. The Balaban J connectivity index is 1.56. The van der Waals surface area contributed by atoms with E-state index in [2.05, 4.69) is 11.1 Å². The van der Waals surface area contributed by atoms with Gasteiger partial charge in [-0.05, 0) is 69.0 Å². The Kier molecular flexibility index (Phi) is 5.17. The van der Waals surface area contributed by atoms with Crippen molar-refractivity contribution in [2.75, 3.05) is 6.54 Å². The molecule has 1 saturated heterocycles. The smallest absolute Gasteiger partial charge is 0.243 e. The maximum atomic E-state index is 13.2. The van der Waals surface area contributed by atoms with Gasteiger partial charge in [-0.1, -0.05) is 18.2 Å². The van der Waals surface area contributed by atoms with Crippen molar-refractivity contribution in [2.45, 2.75) is 50.2 Å². The van der Waals surface area contributed by atoms with Gasteiger partial charge >= 0.3 is 0 Å². The maximum absolute atomic E-state index is 13.2. The molecule has 0 aliphatic carbocycles. The van der Waals surface area contributed by atoms with Crippen molar-refractivity contribution in [1.82, 2.24) is 9.29 Å². The van der Waals surface area contributed by atoms with Crippen LogP contribution in [0.15, 0.2) is 59.6 Å². The van der Waals surface area contributed by atoms with Gasteiger partial charge in [-0.25, -0.2) is 8.42 Å². The predicted molar refractivity (Wildman–Crippen MR) is 111 cm³/mol. The van der Waals surface area contributed by atoms with Crippen LogP contribution in [0.4, 0.5) is 0 Å². The molecule has 2 aromatic carbocycles. The fraction of sp³-hybridized carbons (Fsp3) is 0.364. The zero-order valence-electron chi connectivity index (χ0n) is 16.3. The summed E-state index contributed by atoms with van der Waals surface area (Å²) in [6.45, 7) is 4.47. The summed E-state index contributed by atoms with van der Waals surface area (Å²) in [5, 5.41) is 1.17. The lowest BCUT2D eigenvalue weighted by Gasteiger charge is -2.24. The molecule has 0 spiro atoms. The van der Waals surface area contributed by atoms with Gasteiger partial charge in [-0.3, -0.25) is 0 Å². The molecule has 3 aromatic rings. The molecule has 0 radical (unpaired) electrons. The number of benzene rings is 2. The second-order valence-electron chi connectivity index (χ2n) is 7.61. The van der Waals surface area contributed by atoms with Crippen molar-refractivity contribution in [2.24, 2.45) is 0 Å². The molecule has 1 atom stereocenters. The number of fused-ring (bicyclic) bond motifs is 1. The van der Waals surface area contributed by atoms with E-state index in [1.54, 1.807) is 28.6 Å². The number of aromatic amines is 1. The van der Waals surface area contributed by atoms with Crippen LogP contribution in [0.3, 0.4) is 0 Å². The predicted octanol–water partition coefficient (Wildman–Crippen LogP) is 4.35. The van der Waals surface area contributed by atoms with Gasteiger partial charge in [0, 0.05) is 29.7 Å². The molecule has 4 rings (SSSR count). The number of sulfonamides is 1. The van der Waals surface area contributed by atoms with Gasteiger partial charge in [0.1, 0.15) is 5.75 Å². The van der Waals surface area contributed by atoms with Crippen molar-refractivity contribution < 1.29 is 13.2 Å². The van der Waals surface area contributed by atoms with Crippen molar-refractivity contribution >= 4 is 20.9 Å². The Labute approximate surface area is 166 Å². The highest BCUT2D eigenvalue weighted by atomic mass is 32.2. The molecular formula is C22H26N2O3S. The summed E-state index contributed by atoms with van der Waals surface area (Å²) in [6.07, 6.45) is 4.55. The van der Waals surface area contributed by atoms with Crippen LogP contribution in [0.2, 0.25) is 0 Å². The highest BCUT2D eigenvalue weighted by molar-refractivity contribution is 7.89. The van der Waals surface area contributed by atoms with E-state index in [1.807, 2.05) is 38.2 Å². The molecule has 1 fully saturated rings. The molecule has 2 heterocycles. The summed E-state index contributed by atoms with van der Waals surface area (Å²) < 4.78 is 33.8. The number of para-hydroxylation sites is 1. The van der Waals surface area contributed by atoms with Crippen LogP contribution < -0.4 is 4.74 Å². The molecule has 1 aliphatic rings. The summed E-state index contributed by atoms with van der Waals surface area (Å²) in [5.74, 6) is 0.686. The van der Waals surface area contributed by atoms with Crippen LogP contribution in [-0.4, -0.2) is 36.4 Å². The minimum atomic E-state index is -3.52. The molecule has 1 aromatic heterocycles. The molecule has 0 saturated carbocycles. The minimum absolute atomic E-state index is 0.0178. The highest BCUT2D eigenvalue weighted by Crippen LogP contribution is 2.30. The number of hydrogen-bond donors (Lipinski definition) is 1. The van der Waals surface area contributed by atoms with Crippen molar-refractivity contribution in [3.05, 3.63) is 60.3 Å². The zero-order valence-corrected chi connectivity index (χ0v) is 17.1. The first kappa shape index (κ1) is 19.0. The topological polar surface area (TPSA) is 62.4 Å². The van der Waals surface area contributed by atoms with Gasteiger partial charge in [-0.2, -0.15) is 4.31 Å². The average molecular weight is 399 g/mol. The third-order valence-electron chi connectivity index (χ3n) is 5.26. The zero-order chi connectivity index (χ0) is 19.7. The number of nitrogens with one attached hydrogen (secondary N) is 1. The Hall–Kier alpha value is -2.31. The van der Waals surface area contributed by atoms with Gasteiger partial charge in [0.2, 0.25) is 10.0 Å². The molecular weight excluding hydrogens is 372 g/mol. The minimum Gasteiger partial charge on any atom is -0.491 e. The van der Waals surface area contributed by atoms with Crippen molar-refractivity contribution in [3.63, 3.8) is 0 Å². The number of nitrogens with zero attached hydrogens (tertiary/aromatic N) is 1. The molecule has 0 bridgehead atoms. The van der Waals surface area contributed by atoms with Crippen LogP contribution in [0.5, 0.6) is 5.75 Å². The van der Waals surface area contributed by atoms with Crippen LogP contribution in [-0.2, 0) is 16.4 Å². The van der Waals surface area contributed by atoms with E-state index in [0.29, 0.717) is 17.2 Å². The molecule has 1 N–H and O–H groups in total. The number of aromatic nitrogens is 1. The standard InChI is InChI=1S/C22H26N2O3S/c1-16(2)27-19-9-11-20(12-10-19)28(25,26)24-13-5-6-18(24)14-17-15-23-22-8-4-3-7-21(17)22/h3-4,7-12,15-16,18,23H,5-6,13-14H2,1-2H3. The Morgan fingerprint density at radius 2 is 1.89 bits per heavy atom. The summed E-state index contributed by atoms with van der Waals surface area (Å²) in [6, 6.07) is 14.9. The van der Waals surface area contributed by atoms with Gasteiger partial charge in [0.25, 0.3) is 0 Å². The first-order valence-electron chi connectivity index (χ1n) is 9.79. The lowest BCUT2D eigenvalue weighted by molar-refractivity contribution is 0.242. The summed E-state index contributed by atoms with van der Waals surface area (Å²) in [4.78, 5) is 3.62.